The molecule has 4 aliphatic rings. The smallest absolute Gasteiger partial charge is 0.0727 e. The van der Waals surface area contributed by atoms with Gasteiger partial charge in [0.25, 0.3) is 0 Å². The van der Waals surface area contributed by atoms with Crippen LogP contribution >= 0.6 is 0 Å². The SMILES string of the molecule is CCC1(c2ccccc2)c2ccccc2-c2ccc(N(C)c3ccc4c(c3)C3(c5ccccc5-4)c4ccccc4-c4ccc(N(C)c5ccc6c(c5)C(CC)(c5ccccc5)c5ccccc5-6)cc43)cc21. The summed E-state index contributed by atoms with van der Waals surface area (Å²) in [7, 11) is 4.50. The van der Waals surface area contributed by atoms with Gasteiger partial charge in [0.2, 0.25) is 0 Å². The molecule has 0 aliphatic heterocycles. The third kappa shape index (κ3) is 5.43. The minimum absolute atomic E-state index is 0.235. The van der Waals surface area contributed by atoms with Gasteiger partial charge in [-0.25, -0.2) is 0 Å². The topological polar surface area (TPSA) is 6.48 Å². The monoisotopic (exact) mass is 910 g/mol. The number of fused-ring (bicyclic) bond motifs is 16. The second kappa shape index (κ2) is 15.4. The molecule has 10 aromatic rings. The molecule has 10 aromatic carbocycles. The fourth-order valence-corrected chi connectivity index (χ4v) is 14.2. The molecule has 340 valence electrons. The predicted octanol–water partition coefficient (Wildman–Crippen LogP) is 17.0. The van der Waals surface area contributed by atoms with Gasteiger partial charge in [-0.15, -0.1) is 0 Å². The molecule has 0 N–H and O–H groups in total. The lowest BCUT2D eigenvalue weighted by molar-refractivity contribution is 0.609. The molecular weight excluding hydrogens is 857 g/mol. The van der Waals surface area contributed by atoms with Crippen LogP contribution in [0.2, 0.25) is 0 Å². The van der Waals surface area contributed by atoms with Crippen LogP contribution in [0.1, 0.15) is 82.3 Å². The van der Waals surface area contributed by atoms with Crippen LogP contribution in [0, 0.1) is 0 Å². The third-order valence-electron chi connectivity index (χ3n) is 17.5. The van der Waals surface area contributed by atoms with Gasteiger partial charge in [0.05, 0.1) is 5.41 Å². The average Bonchev–Trinajstić information content (AvgIpc) is 4.11. The lowest BCUT2D eigenvalue weighted by Crippen LogP contribution is -2.27. The highest BCUT2D eigenvalue weighted by molar-refractivity contribution is 5.97. The van der Waals surface area contributed by atoms with Gasteiger partial charge in [-0.05, 0) is 162 Å². The Labute approximate surface area is 418 Å². The molecule has 0 heterocycles. The maximum atomic E-state index is 2.51. The zero-order valence-corrected chi connectivity index (χ0v) is 40.7. The summed E-state index contributed by atoms with van der Waals surface area (Å²) in [4.78, 5) is 4.82. The van der Waals surface area contributed by atoms with Crippen LogP contribution in [-0.2, 0) is 16.2 Å². The normalized spacial score (nSPS) is 19.0. The van der Waals surface area contributed by atoms with Crippen molar-refractivity contribution < 1.29 is 0 Å². The van der Waals surface area contributed by atoms with E-state index in [2.05, 4.69) is 268 Å². The van der Waals surface area contributed by atoms with Gasteiger partial charge in [0.1, 0.15) is 0 Å². The zero-order valence-electron chi connectivity index (χ0n) is 40.7. The fourth-order valence-electron chi connectivity index (χ4n) is 14.2. The lowest BCUT2D eigenvalue weighted by atomic mass is 9.70. The molecule has 2 atom stereocenters. The van der Waals surface area contributed by atoms with E-state index in [9.17, 15) is 0 Å². The molecule has 2 unspecified atom stereocenters. The summed E-state index contributed by atoms with van der Waals surface area (Å²) in [6, 6.07) is 87.6. The van der Waals surface area contributed by atoms with Crippen molar-refractivity contribution in [1.29, 1.82) is 0 Å². The first-order valence-corrected chi connectivity index (χ1v) is 25.5. The molecule has 0 radical (unpaired) electrons. The van der Waals surface area contributed by atoms with Crippen molar-refractivity contribution in [2.45, 2.75) is 42.9 Å². The van der Waals surface area contributed by atoms with Crippen LogP contribution in [0.15, 0.2) is 231 Å². The van der Waals surface area contributed by atoms with Crippen LogP contribution < -0.4 is 9.80 Å². The van der Waals surface area contributed by atoms with E-state index < -0.39 is 5.41 Å². The maximum absolute atomic E-state index is 2.51. The fraction of sp³-hybridized carbons (Fsp3) is 0.130. The van der Waals surface area contributed by atoms with Crippen molar-refractivity contribution in [3.63, 3.8) is 0 Å². The van der Waals surface area contributed by atoms with Crippen molar-refractivity contribution in [3.05, 3.63) is 286 Å². The summed E-state index contributed by atoms with van der Waals surface area (Å²) in [5, 5.41) is 0. The van der Waals surface area contributed by atoms with E-state index in [0.29, 0.717) is 0 Å². The van der Waals surface area contributed by atoms with Gasteiger partial charge in [-0.1, -0.05) is 196 Å². The van der Waals surface area contributed by atoms with Crippen LogP contribution in [0.3, 0.4) is 0 Å². The molecule has 1 spiro atoms. The highest BCUT2D eigenvalue weighted by atomic mass is 15.1. The molecule has 0 saturated carbocycles. The lowest BCUT2D eigenvalue weighted by Gasteiger charge is -2.34. The van der Waals surface area contributed by atoms with Crippen LogP contribution in [0.4, 0.5) is 22.7 Å². The van der Waals surface area contributed by atoms with E-state index in [-0.39, 0.29) is 10.8 Å². The highest BCUT2D eigenvalue weighted by Crippen LogP contribution is 2.64. The van der Waals surface area contributed by atoms with Crippen molar-refractivity contribution in [2.24, 2.45) is 0 Å². The maximum Gasteiger partial charge on any atom is 0.0727 e. The van der Waals surface area contributed by atoms with Gasteiger partial charge in [0, 0.05) is 47.7 Å². The summed E-state index contributed by atoms with van der Waals surface area (Å²) < 4.78 is 0. The van der Waals surface area contributed by atoms with Gasteiger partial charge in [0.15, 0.2) is 0 Å². The van der Waals surface area contributed by atoms with Gasteiger partial charge >= 0.3 is 0 Å². The second-order valence-corrected chi connectivity index (χ2v) is 20.2. The molecule has 2 nitrogen and oxygen atoms in total. The molecule has 14 rings (SSSR count). The number of anilines is 4. The van der Waals surface area contributed by atoms with E-state index in [1.54, 1.807) is 0 Å². The first-order valence-electron chi connectivity index (χ1n) is 25.5. The molecule has 71 heavy (non-hydrogen) atoms. The van der Waals surface area contributed by atoms with E-state index in [4.69, 9.17) is 0 Å². The minimum atomic E-state index is -0.514. The summed E-state index contributed by atoms with van der Waals surface area (Å²) in [5.41, 5.74) is 27.9. The molecule has 0 amide bonds. The number of rotatable bonds is 8. The van der Waals surface area contributed by atoms with Crippen molar-refractivity contribution in [3.8, 4) is 44.5 Å². The van der Waals surface area contributed by atoms with E-state index >= 15 is 0 Å². The molecule has 0 bridgehead atoms. The molecule has 0 saturated heterocycles. The Hall–Kier alpha value is -8.20. The number of nitrogens with zero attached hydrogens (tertiary/aromatic N) is 2. The van der Waals surface area contributed by atoms with Crippen LogP contribution in [-0.4, -0.2) is 14.1 Å². The van der Waals surface area contributed by atoms with Gasteiger partial charge in [-0.2, -0.15) is 0 Å². The minimum Gasteiger partial charge on any atom is -0.345 e. The van der Waals surface area contributed by atoms with E-state index in [1.807, 2.05) is 0 Å². The van der Waals surface area contributed by atoms with Crippen molar-refractivity contribution >= 4 is 22.7 Å². The Bertz CT molecular complexity index is 3540. The first-order chi connectivity index (χ1) is 34.9. The molecular formula is C69H54N2. The quantitative estimate of drug-likeness (QED) is 0.150. The highest BCUT2D eigenvalue weighted by Gasteiger charge is 2.52. The predicted molar refractivity (Wildman–Crippen MR) is 296 cm³/mol. The average molecular weight is 911 g/mol. The molecule has 2 heteroatoms. The summed E-state index contributed by atoms with van der Waals surface area (Å²) in [5.74, 6) is 0. The van der Waals surface area contributed by atoms with E-state index in [0.717, 1.165) is 12.8 Å². The largest absolute Gasteiger partial charge is 0.345 e. The standard InChI is InChI=1S/C69H54N2/c1-5-67(45-21-9-7-10-22-45)59-29-17-13-25-51(59)55-37-33-47(41-63(55)67)70(3)49-35-39-57-53-27-15-19-31-61(53)69(65(57)43-49)62-32-20-16-28-54(62)58-40-36-50(44-66(58)69)71(4)48-34-38-56-52-26-14-18-30-60(52)68(6-2,64(56)42-48)46-23-11-8-12-24-46/h7-44H,5-6H2,1-4H3. The Morgan fingerprint density at radius 1 is 0.268 bits per heavy atom. The van der Waals surface area contributed by atoms with Crippen LogP contribution in [0.5, 0.6) is 0 Å². The zero-order chi connectivity index (χ0) is 47.6. The molecule has 0 aromatic heterocycles. The van der Waals surface area contributed by atoms with Gasteiger partial charge < -0.3 is 9.80 Å². The summed E-state index contributed by atoms with van der Waals surface area (Å²) in [6.07, 6.45) is 1.94. The van der Waals surface area contributed by atoms with E-state index in [1.165, 1.54) is 123 Å². The van der Waals surface area contributed by atoms with Gasteiger partial charge in [-0.3, -0.25) is 0 Å². The number of hydrogen-bond donors (Lipinski definition) is 0. The number of hydrogen-bond acceptors (Lipinski definition) is 2. The van der Waals surface area contributed by atoms with Crippen molar-refractivity contribution in [2.75, 3.05) is 23.9 Å². The van der Waals surface area contributed by atoms with Crippen LogP contribution in [0.25, 0.3) is 44.5 Å². The number of benzene rings is 10. The Morgan fingerprint density at radius 3 is 0.887 bits per heavy atom. The second-order valence-electron chi connectivity index (χ2n) is 20.2. The first kappa shape index (κ1) is 41.7. The molecule has 0 fully saturated rings. The van der Waals surface area contributed by atoms with Crippen molar-refractivity contribution in [1.82, 2.24) is 0 Å². The Morgan fingerprint density at radius 2 is 0.535 bits per heavy atom. The Kier molecular flexibility index (Phi) is 9.05. The molecule has 4 aliphatic carbocycles. The third-order valence-corrected chi connectivity index (χ3v) is 17.5. The Balaban J connectivity index is 0.912. The summed E-state index contributed by atoms with van der Waals surface area (Å²) >= 11 is 0. The summed E-state index contributed by atoms with van der Waals surface area (Å²) in [6.45, 7) is 4.70.